The third kappa shape index (κ3) is 6.06. The second kappa shape index (κ2) is 10.6. The highest BCUT2D eigenvalue weighted by Crippen LogP contribution is 2.30. The predicted octanol–water partition coefficient (Wildman–Crippen LogP) is 5.85. The van der Waals surface area contributed by atoms with Gasteiger partial charge in [0.2, 0.25) is 0 Å². The van der Waals surface area contributed by atoms with Crippen LogP contribution in [0.1, 0.15) is 48.4 Å². The van der Waals surface area contributed by atoms with Gasteiger partial charge in [0, 0.05) is 24.3 Å². The number of aliphatic carboxylic acids is 1. The maximum absolute atomic E-state index is 10.6. The molecule has 0 saturated carbocycles. The van der Waals surface area contributed by atoms with Crippen LogP contribution in [0, 0.1) is 6.92 Å². The van der Waals surface area contributed by atoms with Crippen molar-refractivity contribution in [1.29, 1.82) is 0 Å². The van der Waals surface area contributed by atoms with Gasteiger partial charge < -0.3 is 15.2 Å². The van der Waals surface area contributed by atoms with Crippen LogP contribution < -0.4 is 10.1 Å². The number of methoxy groups -OCH3 is 1. The zero-order chi connectivity index (χ0) is 21.5. The topological polar surface area (TPSA) is 84.3 Å². The fourth-order valence-electron chi connectivity index (χ4n) is 3.25. The van der Waals surface area contributed by atoms with Crippen molar-refractivity contribution in [1.82, 2.24) is 9.97 Å². The van der Waals surface area contributed by atoms with Gasteiger partial charge in [0.15, 0.2) is 0 Å². The maximum Gasteiger partial charge on any atom is 0.303 e. The number of benzene rings is 1. The van der Waals surface area contributed by atoms with Crippen molar-refractivity contribution >= 4 is 44.9 Å². The maximum atomic E-state index is 10.6. The van der Waals surface area contributed by atoms with Crippen LogP contribution in [0.4, 0.5) is 5.82 Å². The van der Waals surface area contributed by atoms with Crippen LogP contribution in [-0.2, 0) is 17.8 Å². The molecule has 0 amide bonds. The molecule has 3 rings (SSSR count). The molecule has 2 N–H and O–H groups in total. The molecule has 2 aromatic heterocycles. The largest absolute Gasteiger partial charge is 0.495 e. The van der Waals surface area contributed by atoms with E-state index < -0.39 is 5.97 Å². The van der Waals surface area contributed by atoms with Gasteiger partial charge in [0.1, 0.15) is 22.2 Å². The van der Waals surface area contributed by atoms with E-state index >= 15 is 0 Å². The van der Waals surface area contributed by atoms with Crippen molar-refractivity contribution in [2.45, 2.75) is 52.0 Å². The lowest BCUT2D eigenvalue weighted by Crippen LogP contribution is -2.05. The number of thiophene rings is 1. The summed E-state index contributed by atoms with van der Waals surface area (Å²) < 4.78 is 5.21. The molecule has 0 unspecified atom stereocenters. The lowest BCUT2D eigenvalue weighted by Gasteiger charge is -2.10. The molecule has 0 aliphatic carbocycles. The van der Waals surface area contributed by atoms with E-state index in [2.05, 4.69) is 18.3 Å². The average molecular weight is 448 g/mol. The molecular weight excluding hydrogens is 422 g/mol. The van der Waals surface area contributed by atoms with Gasteiger partial charge in [-0.05, 0) is 43.5 Å². The molecule has 3 aromatic rings. The Bertz CT molecular complexity index is 1020. The van der Waals surface area contributed by atoms with Gasteiger partial charge in [0.05, 0.1) is 17.5 Å². The van der Waals surface area contributed by atoms with E-state index in [-0.39, 0.29) is 6.42 Å². The van der Waals surface area contributed by atoms with Gasteiger partial charge in [-0.25, -0.2) is 9.97 Å². The van der Waals surface area contributed by atoms with Gasteiger partial charge in [-0.2, -0.15) is 0 Å². The Morgan fingerprint density at radius 1 is 1.20 bits per heavy atom. The molecule has 6 nitrogen and oxygen atoms in total. The summed E-state index contributed by atoms with van der Waals surface area (Å²) >= 11 is 7.90. The number of nitrogens with one attached hydrogen (secondary N) is 1. The third-order valence-electron chi connectivity index (χ3n) is 4.78. The molecule has 0 bridgehead atoms. The number of fused-ring (bicyclic) bond motifs is 1. The molecule has 8 heteroatoms. The quantitative estimate of drug-likeness (QED) is 0.358. The van der Waals surface area contributed by atoms with E-state index in [1.165, 1.54) is 4.88 Å². The van der Waals surface area contributed by atoms with Crippen LogP contribution in [0.2, 0.25) is 5.02 Å². The molecule has 0 spiro atoms. The second-order valence-corrected chi connectivity index (χ2v) is 8.84. The first-order chi connectivity index (χ1) is 14.5. The minimum atomic E-state index is -0.731. The Morgan fingerprint density at radius 3 is 2.73 bits per heavy atom. The van der Waals surface area contributed by atoms with Crippen LogP contribution in [0.15, 0.2) is 24.3 Å². The standard InChI is InChI=1S/C22H26ClN3O3S/c1-14-11-16-21(24-13-15-9-10-18(29-2)17(23)12-15)25-19(26-22(16)30-14)7-5-3-4-6-8-20(27)28/h9-12H,3-8,13H2,1-2H3,(H,27,28)(H,24,25,26). The van der Waals surface area contributed by atoms with E-state index in [1.807, 2.05) is 18.2 Å². The predicted molar refractivity (Wildman–Crippen MR) is 122 cm³/mol. The van der Waals surface area contributed by atoms with E-state index in [0.29, 0.717) is 17.3 Å². The van der Waals surface area contributed by atoms with Gasteiger partial charge in [0.25, 0.3) is 0 Å². The van der Waals surface area contributed by atoms with Crippen LogP contribution in [0.5, 0.6) is 5.75 Å². The van der Waals surface area contributed by atoms with E-state index in [4.69, 9.17) is 31.4 Å². The van der Waals surface area contributed by atoms with E-state index in [9.17, 15) is 4.79 Å². The Hall–Kier alpha value is -2.38. The minimum absolute atomic E-state index is 0.236. The molecule has 0 saturated heterocycles. The summed E-state index contributed by atoms with van der Waals surface area (Å²) in [6.07, 6.45) is 4.57. The summed E-state index contributed by atoms with van der Waals surface area (Å²) in [4.78, 5) is 22.3. The van der Waals surface area contributed by atoms with Gasteiger partial charge in [-0.15, -0.1) is 11.3 Å². The number of carbonyl (C=O) groups is 1. The number of anilines is 1. The van der Waals surface area contributed by atoms with Crippen molar-refractivity contribution in [3.05, 3.63) is 45.6 Å². The summed E-state index contributed by atoms with van der Waals surface area (Å²) in [5, 5.41) is 13.8. The smallest absolute Gasteiger partial charge is 0.303 e. The Labute approximate surface area is 185 Å². The summed E-state index contributed by atoms with van der Waals surface area (Å²) in [5.41, 5.74) is 1.04. The number of rotatable bonds is 11. The van der Waals surface area contributed by atoms with E-state index in [0.717, 1.165) is 59.5 Å². The normalized spacial score (nSPS) is 11.0. The highest BCUT2D eigenvalue weighted by atomic mass is 35.5. The number of nitrogens with zero attached hydrogens (tertiary/aromatic N) is 2. The van der Waals surface area contributed by atoms with Crippen LogP contribution in [0.3, 0.4) is 0 Å². The van der Waals surface area contributed by atoms with Crippen LogP contribution >= 0.6 is 22.9 Å². The molecule has 160 valence electrons. The number of carboxylic acids is 1. The lowest BCUT2D eigenvalue weighted by atomic mass is 10.1. The first kappa shape index (κ1) is 22.3. The number of aryl methyl sites for hydroxylation is 2. The van der Waals surface area contributed by atoms with Gasteiger partial charge in [-0.3, -0.25) is 4.79 Å². The number of unbranched alkanes of at least 4 members (excludes halogenated alkanes) is 3. The first-order valence-corrected chi connectivity index (χ1v) is 11.2. The summed E-state index contributed by atoms with van der Waals surface area (Å²) in [5.74, 6) is 1.57. The highest BCUT2D eigenvalue weighted by molar-refractivity contribution is 7.18. The summed E-state index contributed by atoms with van der Waals surface area (Å²) in [7, 11) is 1.60. The number of aromatic nitrogens is 2. The van der Waals surface area contributed by atoms with Crippen molar-refractivity contribution < 1.29 is 14.6 Å². The molecule has 2 heterocycles. The Balaban J connectivity index is 1.67. The molecule has 0 aliphatic rings. The molecule has 0 aliphatic heterocycles. The highest BCUT2D eigenvalue weighted by Gasteiger charge is 2.11. The van der Waals surface area contributed by atoms with Crippen molar-refractivity contribution in [2.24, 2.45) is 0 Å². The molecule has 0 radical (unpaired) electrons. The molecule has 0 fully saturated rings. The second-order valence-electron chi connectivity index (χ2n) is 7.19. The number of carboxylic acid groups (broad SMARTS) is 1. The van der Waals surface area contributed by atoms with Gasteiger partial charge in [-0.1, -0.05) is 30.5 Å². The Morgan fingerprint density at radius 2 is 2.00 bits per heavy atom. The van der Waals surface area contributed by atoms with Gasteiger partial charge >= 0.3 is 5.97 Å². The Kier molecular flexibility index (Phi) is 7.87. The molecular formula is C22H26ClN3O3S. The van der Waals surface area contributed by atoms with E-state index in [1.54, 1.807) is 18.4 Å². The molecule has 30 heavy (non-hydrogen) atoms. The number of ether oxygens (including phenoxy) is 1. The number of hydrogen-bond donors (Lipinski definition) is 2. The van der Waals surface area contributed by atoms with Crippen LogP contribution in [-0.4, -0.2) is 28.2 Å². The zero-order valence-corrected chi connectivity index (χ0v) is 18.8. The first-order valence-electron chi connectivity index (χ1n) is 10.0. The fraction of sp³-hybridized carbons (Fsp3) is 0.409. The lowest BCUT2D eigenvalue weighted by molar-refractivity contribution is -0.137. The summed E-state index contributed by atoms with van der Waals surface area (Å²) in [6.45, 7) is 2.67. The zero-order valence-electron chi connectivity index (χ0n) is 17.2. The number of hydrogen-bond acceptors (Lipinski definition) is 6. The molecule has 1 aromatic carbocycles. The van der Waals surface area contributed by atoms with Crippen LogP contribution in [0.25, 0.3) is 10.2 Å². The monoisotopic (exact) mass is 447 g/mol. The van der Waals surface area contributed by atoms with Crippen molar-refractivity contribution in [2.75, 3.05) is 12.4 Å². The third-order valence-corrected chi connectivity index (χ3v) is 6.02. The molecule has 0 atom stereocenters. The average Bonchev–Trinajstić information content (AvgIpc) is 3.09. The minimum Gasteiger partial charge on any atom is -0.495 e. The number of halogens is 1. The van der Waals surface area contributed by atoms with Crippen molar-refractivity contribution in [3.8, 4) is 5.75 Å². The fourth-order valence-corrected chi connectivity index (χ4v) is 4.43. The van der Waals surface area contributed by atoms with Crippen molar-refractivity contribution in [3.63, 3.8) is 0 Å². The summed E-state index contributed by atoms with van der Waals surface area (Å²) in [6, 6.07) is 7.84. The SMILES string of the molecule is COc1ccc(CNc2nc(CCCCCCC(=O)O)nc3sc(C)cc23)cc1Cl.